The highest BCUT2D eigenvalue weighted by Gasteiger charge is 2.18. The average Bonchev–Trinajstić information content (AvgIpc) is 3.22. The van der Waals surface area contributed by atoms with Gasteiger partial charge in [0.1, 0.15) is 5.52 Å². The fourth-order valence-electron chi connectivity index (χ4n) is 2.95. The maximum absolute atomic E-state index is 8.51. The zero-order valence-electron chi connectivity index (χ0n) is 16.5. The van der Waals surface area contributed by atoms with E-state index in [1.165, 1.54) is 0 Å². The van der Waals surface area contributed by atoms with Crippen LogP contribution in [0.2, 0.25) is 0 Å². The van der Waals surface area contributed by atoms with Crippen molar-refractivity contribution in [2.24, 2.45) is 0 Å². The molecular formula is C20H28N6O3. The summed E-state index contributed by atoms with van der Waals surface area (Å²) in [4.78, 5) is 7.05. The molecule has 1 saturated heterocycles. The van der Waals surface area contributed by atoms with Gasteiger partial charge in [0.05, 0.1) is 26.0 Å². The molecule has 0 spiro atoms. The molecule has 0 bridgehead atoms. The number of aliphatic hydroxyl groups excluding tert-OH is 2. The molecule has 5 N–H and O–H groups in total. The fourth-order valence-corrected chi connectivity index (χ4v) is 2.95. The number of fused-ring (bicyclic) bond motifs is 1. The van der Waals surface area contributed by atoms with Crippen LogP contribution in [0.1, 0.15) is 6.92 Å². The van der Waals surface area contributed by atoms with E-state index in [1.54, 1.807) is 6.92 Å². The number of morpholine rings is 1. The molecule has 0 aliphatic carbocycles. The van der Waals surface area contributed by atoms with E-state index in [2.05, 4.69) is 15.3 Å². The van der Waals surface area contributed by atoms with Gasteiger partial charge in [-0.3, -0.25) is 5.32 Å². The molecule has 1 aliphatic heterocycles. The highest BCUT2D eigenvalue weighted by Crippen LogP contribution is 2.24. The normalized spacial score (nSPS) is 15.1. The van der Waals surface area contributed by atoms with Crippen LogP contribution < -0.4 is 16.0 Å². The third-order valence-corrected chi connectivity index (χ3v) is 4.40. The maximum atomic E-state index is 8.51. The second kappa shape index (κ2) is 10.2. The van der Waals surface area contributed by atoms with Gasteiger partial charge in [0, 0.05) is 37.1 Å². The molecule has 2 aromatic heterocycles. The Morgan fingerprint density at radius 1 is 1.21 bits per heavy atom. The van der Waals surface area contributed by atoms with Crippen molar-refractivity contribution in [1.82, 2.24) is 19.9 Å². The van der Waals surface area contributed by atoms with Gasteiger partial charge in [0.15, 0.2) is 11.6 Å². The Hall–Kier alpha value is -2.72. The number of nitrogens with zero attached hydrogens (tertiary/aromatic N) is 4. The summed E-state index contributed by atoms with van der Waals surface area (Å²) >= 11 is 0. The zero-order valence-corrected chi connectivity index (χ0v) is 16.5. The molecular weight excluding hydrogens is 372 g/mol. The van der Waals surface area contributed by atoms with Crippen LogP contribution in [0.5, 0.6) is 0 Å². The van der Waals surface area contributed by atoms with Crippen molar-refractivity contribution in [1.29, 1.82) is 0 Å². The van der Waals surface area contributed by atoms with Crippen molar-refractivity contribution in [2.45, 2.75) is 13.0 Å². The third kappa shape index (κ3) is 5.64. The first-order valence-corrected chi connectivity index (χ1v) is 9.62. The molecule has 3 aromatic rings. The zero-order chi connectivity index (χ0) is 20.6. The predicted molar refractivity (Wildman–Crippen MR) is 113 cm³/mol. The molecule has 9 nitrogen and oxygen atoms in total. The lowest BCUT2D eigenvalue weighted by atomic mass is 10.2. The quantitative estimate of drug-likeness (QED) is 0.365. The topological polar surface area (TPSA) is 121 Å². The number of aliphatic hydroxyl groups is 2. The molecule has 3 heterocycles. The van der Waals surface area contributed by atoms with Crippen LogP contribution in [0.15, 0.2) is 42.6 Å². The Balaban J connectivity index is 0.000000298. The number of aromatic nitrogens is 3. The largest absolute Gasteiger partial charge is 0.399 e. The van der Waals surface area contributed by atoms with Crippen LogP contribution in [0.3, 0.4) is 0 Å². The summed E-state index contributed by atoms with van der Waals surface area (Å²) in [6, 6.07) is 11.7. The van der Waals surface area contributed by atoms with E-state index in [0.29, 0.717) is 12.4 Å². The molecule has 0 amide bonds. The van der Waals surface area contributed by atoms with Gasteiger partial charge in [-0.15, -0.1) is 5.10 Å². The predicted octanol–water partition coefficient (Wildman–Crippen LogP) is 0.722. The van der Waals surface area contributed by atoms with Gasteiger partial charge >= 0.3 is 0 Å². The summed E-state index contributed by atoms with van der Waals surface area (Å²) in [6.07, 6.45) is 1.58. The molecule has 29 heavy (non-hydrogen) atoms. The SMILES string of the molecule is CC(O)CNCO.Nc1ccc(-c2nc(N3CCOCC3)c3cccn3n2)cc1. The van der Waals surface area contributed by atoms with E-state index >= 15 is 0 Å². The third-order valence-electron chi connectivity index (χ3n) is 4.40. The first-order valence-electron chi connectivity index (χ1n) is 9.62. The second-order valence-corrected chi connectivity index (χ2v) is 6.78. The van der Waals surface area contributed by atoms with E-state index in [0.717, 1.165) is 48.9 Å². The monoisotopic (exact) mass is 400 g/mol. The number of hydrogen-bond acceptors (Lipinski definition) is 8. The van der Waals surface area contributed by atoms with E-state index < -0.39 is 0 Å². The van der Waals surface area contributed by atoms with Crippen LogP contribution in [-0.4, -0.2) is 70.5 Å². The van der Waals surface area contributed by atoms with Gasteiger partial charge in [0.2, 0.25) is 0 Å². The van der Waals surface area contributed by atoms with Gasteiger partial charge in [-0.25, -0.2) is 9.50 Å². The highest BCUT2D eigenvalue weighted by atomic mass is 16.5. The van der Waals surface area contributed by atoms with Crippen LogP contribution in [0, 0.1) is 0 Å². The summed E-state index contributed by atoms with van der Waals surface area (Å²) < 4.78 is 7.32. The van der Waals surface area contributed by atoms with Crippen LogP contribution in [0.25, 0.3) is 16.9 Å². The summed E-state index contributed by atoms with van der Waals surface area (Å²) in [6.45, 7) is 5.20. The number of rotatable bonds is 5. The van der Waals surface area contributed by atoms with Crippen molar-refractivity contribution in [2.75, 3.05) is 50.2 Å². The number of nitrogens with two attached hydrogens (primary N) is 1. The lowest BCUT2D eigenvalue weighted by Crippen LogP contribution is -2.37. The maximum Gasteiger partial charge on any atom is 0.182 e. The number of ether oxygens (including phenoxy) is 1. The number of anilines is 2. The molecule has 1 atom stereocenters. The average molecular weight is 400 g/mol. The number of nitrogen functional groups attached to an aromatic ring is 1. The minimum atomic E-state index is -0.368. The van der Waals surface area contributed by atoms with E-state index in [1.807, 2.05) is 47.1 Å². The Bertz CT molecular complexity index is 891. The molecule has 9 heteroatoms. The van der Waals surface area contributed by atoms with Gasteiger partial charge < -0.3 is 25.6 Å². The molecule has 4 rings (SSSR count). The standard InChI is InChI=1S/C16H17N5O.C4H11NO2/c17-13-5-3-12(4-6-13)15-18-16(20-8-10-22-11-9-20)14-2-1-7-21(14)19-15;1-4(7)2-5-3-6/h1-7H,8-11,17H2;4-7H,2-3H2,1H3. The van der Waals surface area contributed by atoms with Crippen molar-refractivity contribution in [3.8, 4) is 11.4 Å². The molecule has 1 fully saturated rings. The molecule has 0 radical (unpaired) electrons. The Labute approximate surface area is 169 Å². The van der Waals surface area contributed by atoms with E-state index in [-0.39, 0.29) is 12.8 Å². The van der Waals surface area contributed by atoms with Gasteiger partial charge in [-0.1, -0.05) is 0 Å². The lowest BCUT2D eigenvalue weighted by Gasteiger charge is -2.28. The smallest absolute Gasteiger partial charge is 0.182 e. The van der Waals surface area contributed by atoms with Crippen molar-refractivity contribution in [3.63, 3.8) is 0 Å². The Kier molecular flexibility index (Phi) is 7.36. The molecule has 1 unspecified atom stereocenters. The Morgan fingerprint density at radius 3 is 2.55 bits per heavy atom. The van der Waals surface area contributed by atoms with Crippen LogP contribution in [0.4, 0.5) is 11.5 Å². The fraction of sp³-hybridized carbons (Fsp3) is 0.400. The summed E-state index contributed by atoms with van der Waals surface area (Å²) in [7, 11) is 0. The second-order valence-electron chi connectivity index (χ2n) is 6.78. The molecule has 1 aliphatic rings. The lowest BCUT2D eigenvalue weighted by molar-refractivity contribution is 0.122. The first-order chi connectivity index (χ1) is 14.1. The van der Waals surface area contributed by atoms with Crippen molar-refractivity contribution in [3.05, 3.63) is 42.6 Å². The summed E-state index contributed by atoms with van der Waals surface area (Å²) in [5.41, 5.74) is 8.47. The minimum absolute atomic E-state index is 0.0646. The van der Waals surface area contributed by atoms with Gasteiger partial charge in [0.25, 0.3) is 0 Å². The van der Waals surface area contributed by atoms with Crippen molar-refractivity contribution < 1.29 is 14.9 Å². The van der Waals surface area contributed by atoms with Crippen molar-refractivity contribution >= 4 is 17.0 Å². The number of hydrogen-bond donors (Lipinski definition) is 4. The van der Waals surface area contributed by atoms with Crippen LogP contribution in [-0.2, 0) is 4.74 Å². The van der Waals surface area contributed by atoms with Gasteiger partial charge in [-0.2, -0.15) is 0 Å². The number of benzene rings is 1. The summed E-state index contributed by atoms with van der Waals surface area (Å²) in [5, 5.41) is 23.8. The molecule has 1 aromatic carbocycles. The molecule has 156 valence electrons. The minimum Gasteiger partial charge on any atom is -0.399 e. The Morgan fingerprint density at radius 2 is 1.93 bits per heavy atom. The van der Waals surface area contributed by atoms with E-state index in [4.69, 9.17) is 25.7 Å². The van der Waals surface area contributed by atoms with E-state index in [9.17, 15) is 0 Å². The van der Waals surface area contributed by atoms with Gasteiger partial charge in [-0.05, 0) is 43.3 Å². The molecule has 0 saturated carbocycles. The summed E-state index contributed by atoms with van der Waals surface area (Å²) in [5.74, 6) is 1.65. The first kappa shape index (κ1) is 21.0. The highest BCUT2D eigenvalue weighted by molar-refractivity contribution is 5.72. The number of nitrogens with one attached hydrogen (secondary N) is 1. The van der Waals surface area contributed by atoms with Crippen LogP contribution >= 0.6 is 0 Å².